The molecular weight excluding hydrogens is 300 g/mol. The first-order valence-corrected chi connectivity index (χ1v) is 8.52. The summed E-state index contributed by atoms with van der Waals surface area (Å²) in [6.07, 6.45) is 3.11. The average molecular weight is 326 g/mol. The summed E-state index contributed by atoms with van der Waals surface area (Å²) in [5, 5.41) is 18.4. The van der Waals surface area contributed by atoms with Crippen molar-refractivity contribution in [1.29, 1.82) is 0 Å². The van der Waals surface area contributed by atoms with Crippen LogP contribution < -0.4 is 5.32 Å². The van der Waals surface area contributed by atoms with Crippen LogP contribution in [0.5, 0.6) is 0 Å². The van der Waals surface area contributed by atoms with Crippen LogP contribution in [0.4, 0.5) is 0 Å². The van der Waals surface area contributed by atoms with Crippen LogP contribution in [0.2, 0.25) is 0 Å². The molecule has 3 aromatic rings. The molecular formula is C19H26N4O. The molecule has 0 aliphatic rings. The highest BCUT2D eigenvalue weighted by Crippen LogP contribution is 2.21. The Morgan fingerprint density at radius 1 is 1.25 bits per heavy atom. The topological polar surface area (TPSA) is 65.9 Å². The summed E-state index contributed by atoms with van der Waals surface area (Å²) in [6.45, 7) is 8.64. The molecule has 0 bridgehead atoms. The molecule has 0 fully saturated rings. The van der Waals surface area contributed by atoms with Crippen LogP contribution in [0.15, 0.2) is 24.4 Å². The Hall–Kier alpha value is -2.11. The van der Waals surface area contributed by atoms with E-state index in [-0.39, 0.29) is 6.61 Å². The smallest absolute Gasteiger partial charge is 0.0644 e. The zero-order valence-electron chi connectivity index (χ0n) is 14.7. The number of aromatic nitrogens is 3. The number of hydrogen-bond acceptors (Lipinski definition) is 3. The fourth-order valence-corrected chi connectivity index (χ4v) is 3.31. The van der Waals surface area contributed by atoms with E-state index >= 15 is 0 Å². The van der Waals surface area contributed by atoms with Gasteiger partial charge in [-0.25, -0.2) is 0 Å². The van der Waals surface area contributed by atoms with Gasteiger partial charge in [0.15, 0.2) is 0 Å². The van der Waals surface area contributed by atoms with Crippen LogP contribution in [0, 0.1) is 20.8 Å². The van der Waals surface area contributed by atoms with Gasteiger partial charge in [0.1, 0.15) is 0 Å². The quantitative estimate of drug-likeness (QED) is 0.585. The van der Waals surface area contributed by atoms with Crippen LogP contribution in [0.25, 0.3) is 10.9 Å². The van der Waals surface area contributed by atoms with Gasteiger partial charge in [0.25, 0.3) is 0 Å². The fourth-order valence-electron chi connectivity index (χ4n) is 3.31. The number of aryl methyl sites for hydroxylation is 2. The molecule has 0 amide bonds. The number of benzene rings is 1. The van der Waals surface area contributed by atoms with Gasteiger partial charge in [-0.3, -0.25) is 4.68 Å². The Kier molecular flexibility index (Phi) is 5.02. The number of nitrogens with zero attached hydrogens (tertiary/aromatic N) is 2. The molecule has 5 heteroatoms. The summed E-state index contributed by atoms with van der Waals surface area (Å²) in [4.78, 5) is 3.39. The van der Waals surface area contributed by atoms with Gasteiger partial charge in [0, 0.05) is 34.9 Å². The summed E-state index contributed by atoms with van der Waals surface area (Å²) in [5.41, 5.74) is 7.29. The molecule has 128 valence electrons. The minimum absolute atomic E-state index is 0.120. The molecule has 5 nitrogen and oxygen atoms in total. The van der Waals surface area contributed by atoms with Crippen molar-refractivity contribution in [3.8, 4) is 0 Å². The molecule has 0 unspecified atom stereocenters. The normalized spacial score (nSPS) is 11.5. The summed E-state index contributed by atoms with van der Waals surface area (Å²) in [7, 11) is 0. The van der Waals surface area contributed by atoms with Crippen molar-refractivity contribution in [2.24, 2.45) is 0 Å². The van der Waals surface area contributed by atoms with Crippen molar-refractivity contribution in [3.63, 3.8) is 0 Å². The van der Waals surface area contributed by atoms with E-state index in [0.29, 0.717) is 6.54 Å². The first-order chi connectivity index (χ1) is 11.6. The summed E-state index contributed by atoms with van der Waals surface area (Å²) < 4.78 is 1.88. The monoisotopic (exact) mass is 326 g/mol. The van der Waals surface area contributed by atoms with Crippen molar-refractivity contribution in [3.05, 3.63) is 52.5 Å². The Balaban J connectivity index is 1.60. The van der Waals surface area contributed by atoms with Gasteiger partial charge in [0.05, 0.1) is 18.8 Å². The van der Waals surface area contributed by atoms with Gasteiger partial charge in [-0.15, -0.1) is 0 Å². The molecule has 0 aliphatic carbocycles. The lowest BCUT2D eigenvalue weighted by atomic mass is 10.1. The number of aliphatic hydroxyl groups excluding tert-OH is 1. The second-order valence-electron chi connectivity index (χ2n) is 6.33. The average Bonchev–Trinajstić information content (AvgIpc) is 3.09. The fraction of sp³-hybridized carbons (Fsp3) is 0.421. The molecule has 1 aromatic carbocycles. The Labute approximate surface area is 142 Å². The third kappa shape index (κ3) is 3.23. The molecule has 0 spiro atoms. The van der Waals surface area contributed by atoms with Crippen molar-refractivity contribution in [2.45, 2.75) is 40.3 Å². The lowest BCUT2D eigenvalue weighted by Gasteiger charge is -2.06. The maximum atomic E-state index is 9.09. The van der Waals surface area contributed by atoms with Gasteiger partial charge < -0.3 is 15.4 Å². The molecule has 0 saturated carbocycles. The minimum Gasteiger partial charge on any atom is -0.394 e. The summed E-state index contributed by atoms with van der Waals surface area (Å²) in [6, 6.07) is 6.43. The zero-order valence-corrected chi connectivity index (χ0v) is 14.7. The Morgan fingerprint density at radius 3 is 2.88 bits per heavy atom. The van der Waals surface area contributed by atoms with Crippen LogP contribution in [-0.2, 0) is 19.5 Å². The van der Waals surface area contributed by atoms with Crippen molar-refractivity contribution in [2.75, 3.05) is 13.2 Å². The standard InChI is InChI=1S/C19H26N4O/c1-13-5-4-6-17-16(11-21-19(13)17)7-8-20-12-18-14(2)22-23(9-10-24)15(18)3/h4-6,11,20-21,24H,7-10,12H2,1-3H3. The van der Waals surface area contributed by atoms with E-state index in [1.165, 1.54) is 27.6 Å². The van der Waals surface area contributed by atoms with Crippen LogP contribution >= 0.6 is 0 Å². The molecule has 0 atom stereocenters. The van der Waals surface area contributed by atoms with E-state index in [9.17, 15) is 0 Å². The second kappa shape index (κ2) is 7.20. The highest BCUT2D eigenvalue weighted by atomic mass is 16.3. The lowest BCUT2D eigenvalue weighted by molar-refractivity contribution is 0.267. The zero-order chi connectivity index (χ0) is 17.1. The van der Waals surface area contributed by atoms with Gasteiger partial charge in [-0.05, 0) is 44.9 Å². The second-order valence-corrected chi connectivity index (χ2v) is 6.33. The molecule has 0 aliphatic heterocycles. The van der Waals surface area contributed by atoms with Crippen LogP contribution in [-0.4, -0.2) is 33.0 Å². The van der Waals surface area contributed by atoms with Crippen LogP contribution in [0.1, 0.15) is 28.1 Å². The first-order valence-electron chi connectivity index (χ1n) is 8.52. The van der Waals surface area contributed by atoms with Crippen molar-refractivity contribution in [1.82, 2.24) is 20.1 Å². The molecule has 2 heterocycles. The number of aromatic amines is 1. The highest BCUT2D eigenvalue weighted by molar-refractivity contribution is 5.85. The SMILES string of the molecule is Cc1nn(CCO)c(C)c1CNCCc1c[nH]c2c(C)cccc12. The largest absolute Gasteiger partial charge is 0.394 e. The van der Waals surface area contributed by atoms with Crippen molar-refractivity contribution < 1.29 is 5.11 Å². The minimum atomic E-state index is 0.120. The van der Waals surface area contributed by atoms with Crippen LogP contribution in [0.3, 0.4) is 0 Å². The number of rotatable bonds is 7. The first kappa shape index (κ1) is 16.7. The lowest BCUT2D eigenvalue weighted by Crippen LogP contribution is -2.17. The van der Waals surface area contributed by atoms with Crippen molar-refractivity contribution >= 4 is 10.9 Å². The molecule has 0 radical (unpaired) electrons. The number of H-pyrrole nitrogens is 1. The maximum absolute atomic E-state index is 9.09. The number of nitrogens with one attached hydrogen (secondary N) is 2. The summed E-state index contributed by atoms with van der Waals surface area (Å²) >= 11 is 0. The van der Waals surface area contributed by atoms with E-state index in [4.69, 9.17) is 5.11 Å². The third-order valence-electron chi connectivity index (χ3n) is 4.73. The van der Waals surface area contributed by atoms with E-state index in [0.717, 1.165) is 30.9 Å². The highest BCUT2D eigenvalue weighted by Gasteiger charge is 2.11. The number of para-hydroxylation sites is 1. The van der Waals surface area contributed by atoms with Gasteiger partial charge >= 0.3 is 0 Å². The number of aliphatic hydroxyl groups is 1. The predicted octanol–water partition coefficient (Wildman–Crippen LogP) is 2.61. The van der Waals surface area contributed by atoms with E-state index < -0.39 is 0 Å². The Bertz CT molecular complexity index is 831. The molecule has 3 N–H and O–H groups in total. The maximum Gasteiger partial charge on any atom is 0.0644 e. The number of fused-ring (bicyclic) bond motifs is 1. The molecule has 3 rings (SSSR count). The third-order valence-corrected chi connectivity index (χ3v) is 4.73. The van der Waals surface area contributed by atoms with Gasteiger partial charge in [-0.1, -0.05) is 18.2 Å². The van der Waals surface area contributed by atoms with E-state index in [1.54, 1.807) is 0 Å². The Morgan fingerprint density at radius 2 is 2.08 bits per heavy atom. The number of hydrogen-bond donors (Lipinski definition) is 3. The van der Waals surface area contributed by atoms with Gasteiger partial charge in [-0.2, -0.15) is 5.10 Å². The summed E-state index contributed by atoms with van der Waals surface area (Å²) in [5.74, 6) is 0. The molecule has 0 saturated heterocycles. The van der Waals surface area contributed by atoms with E-state index in [2.05, 4.69) is 53.6 Å². The van der Waals surface area contributed by atoms with Gasteiger partial charge in [0.2, 0.25) is 0 Å². The molecule has 24 heavy (non-hydrogen) atoms. The van der Waals surface area contributed by atoms with E-state index in [1.807, 2.05) is 11.6 Å². The molecule has 2 aromatic heterocycles. The predicted molar refractivity (Wildman–Crippen MR) is 97.2 cm³/mol.